The molecular formula is C48H92O6. The van der Waals surface area contributed by atoms with Crippen LogP contribution < -0.4 is 0 Å². The summed E-state index contributed by atoms with van der Waals surface area (Å²) in [7, 11) is 0. The lowest BCUT2D eigenvalue weighted by molar-refractivity contribution is -0.167. The molecule has 0 amide bonds. The third-order valence-electron chi connectivity index (χ3n) is 10.7. The first-order valence-electron chi connectivity index (χ1n) is 23.7. The zero-order chi connectivity index (χ0) is 39.7. The van der Waals surface area contributed by atoms with Crippen LogP contribution in [0.1, 0.15) is 259 Å². The van der Waals surface area contributed by atoms with Gasteiger partial charge in [0.15, 0.2) is 6.10 Å². The molecule has 0 heterocycles. The lowest BCUT2D eigenvalue weighted by Crippen LogP contribution is -2.30. The first kappa shape index (κ1) is 52.4. The fraction of sp³-hybridized carbons (Fsp3) is 0.938. The summed E-state index contributed by atoms with van der Waals surface area (Å²) in [5, 5.41) is 0. The molecule has 0 rings (SSSR count). The van der Waals surface area contributed by atoms with E-state index in [2.05, 4.69) is 34.6 Å². The summed E-state index contributed by atoms with van der Waals surface area (Å²) in [6, 6.07) is 0. The second-order valence-corrected chi connectivity index (χ2v) is 17.3. The highest BCUT2D eigenvalue weighted by atomic mass is 16.6. The largest absolute Gasteiger partial charge is 0.462 e. The van der Waals surface area contributed by atoms with Crippen molar-refractivity contribution in [2.75, 3.05) is 13.2 Å². The molecule has 0 bridgehead atoms. The molecule has 0 radical (unpaired) electrons. The molecule has 1 atom stereocenters. The van der Waals surface area contributed by atoms with Crippen LogP contribution in [0.3, 0.4) is 0 Å². The van der Waals surface area contributed by atoms with Crippen LogP contribution in [0.4, 0.5) is 0 Å². The van der Waals surface area contributed by atoms with Gasteiger partial charge in [-0.15, -0.1) is 0 Å². The molecule has 0 unspecified atom stereocenters. The molecule has 0 aliphatic carbocycles. The standard InChI is InChI=1S/C48H92O6/c1-6-7-8-26-33-38-46(49)52-41-45(54-48(51)40-35-30-25-21-17-13-12-15-19-23-28-32-37-44(4)5)42-53-47(50)39-34-29-24-20-16-11-9-10-14-18-22-27-31-36-43(2)3/h43-45H,6-42H2,1-5H3/t45-/m1/s1. The molecule has 0 aromatic rings. The van der Waals surface area contributed by atoms with Crippen LogP contribution in [-0.4, -0.2) is 37.2 Å². The van der Waals surface area contributed by atoms with E-state index in [1.165, 1.54) is 141 Å². The second kappa shape index (κ2) is 41.1. The van der Waals surface area contributed by atoms with E-state index in [9.17, 15) is 14.4 Å². The highest BCUT2D eigenvalue weighted by molar-refractivity contribution is 5.71. The van der Waals surface area contributed by atoms with Crippen molar-refractivity contribution in [2.45, 2.75) is 265 Å². The van der Waals surface area contributed by atoms with Gasteiger partial charge in [-0.3, -0.25) is 14.4 Å². The number of hydrogen-bond acceptors (Lipinski definition) is 6. The summed E-state index contributed by atoms with van der Waals surface area (Å²) >= 11 is 0. The van der Waals surface area contributed by atoms with Crippen LogP contribution in [-0.2, 0) is 28.6 Å². The maximum absolute atomic E-state index is 12.7. The molecule has 0 aliphatic rings. The lowest BCUT2D eigenvalue weighted by Gasteiger charge is -2.18. The lowest BCUT2D eigenvalue weighted by atomic mass is 10.0. The van der Waals surface area contributed by atoms with E-state index in [0.29, 0.717) is 19.3 Å². The molecule has 0 saturated heterocycles. The van der Waals surface area contributed by atoms with Crippen LogP contribution in [0.5, 0.6) is 0 Å². The van der Waals surface area contributed by atoms with Crippen molar-refractivity contribution in [1.82, 2.24) is 0 Å². The number of ether oxygens (including phenoxy) is 3. The number of esters is 3. The van der Waals surface area contributed by atoms with Gasteiger partial charge in [-0.05, 0) is 31.1 Å². The van der Waals surface area contributed by atoms with E-state index in [1.807, 2.05) is 0 Å². The Hall–Kier alpha value is -1.59. The summed E-state index contributed by atoms with van der Waals surface area (Å²) in [4.78, 5) is 37.5. The zero-order valence-corrected chi connectivity index (χ0v) is 36.8. The molecule has 0 aliphatic heterocycles. The Balaban J connectivity index is 4.16. The average Bonchev–Trinajstić information content (AvgIpc) is 3.14. The van der Waals surface area contributed by atoms with Gasteiger partial charge < -0.3 is 14.2 Å². The van der Waals surface area contributed by atoms with E-state index >= 15 is 0 Å². The summed E-state index contributed by atoms with van der Waals surface area (Å²) in [5.41, 5.74) is 0. The molecule has 320 valence electrons. The number of unbranched alkanes of at least 4 members (excludes halogenated alkanes) is 27. The third-order valence-corrected chi connectivity index (χ3v) is 10.7. The Bertz CT molecular complexity index is 824. The average molecular weight is 765 g/mol. The quantitative estimate of drug-likeness (QED) is 0.0350. The van der Waals surface area contributed by atoms with Crippen molar-refractivity contribution < 1.29 is 28.6 Å². The van der Waals surface area contributed by atoms with Crippen LogP contribution in [0.25, 0.3) is 0 Å². The highest BCUT2D eigenvalue weighted by Crippen LogP contribution is 2.17. The summed E-state index contributed by atoms with van der Waals surface area (Å²) in [5.74, 6) is 0.804. The third kappa shape index (κ3) is 41.6. The molecule has 0 aromatic heterocycles. The van der Waals surface area contributed by atoms with Gasteiger partial charge in [0.25, 0.3) is 0 Å². The molecule has 0 fully saturated rings. The van der Waals surface area contributed by atoms with Gasteiger partial charge in [-0.25, -0.2) is 0 Å². The second-order valence-electron chi connectivity index (χ2n) is 17.3. The van der Waals surface area contributed by atoms with Crippen molar-refractivity contribution in [1.29, 1.82) is 0 Å². The van der Waals surface area contributed by atoms with Gasteiger partial charge in [-0.1, -0.05) is 221 Å². The van der Waals surface area contributed by atoms with Crippen LogP contribution in [0.2, 0.25) is 0 Å². The minimum Gasteiger partial charge on any atom is -0.462 e. The van der Waals surface area contributed by atoms with Crippen molar-refractivity contribution in [3.8, 4) is 0 Å². The van der Waals surface area contributed by atoms with E-state index < -0.39 is 6.10 Å². The minimum absolute atomic E-state index is 0.0652. The van der Waals surface area contributed by atoms with E-state index in [-0.39, 0.29) is 31.1 Å². The fourth-order valence-electron chi connectivity index (χ4n) is 7.11. The molecular weight excluding hydrogens is 673 g/mol. The molecule has 0 aromatic carbocycles. The number of rotatable bonds is 42. The Kier molecular flexibility index (Phi) is 39.8. The van der Waals surface area contributed by atoms with Crippen molar-refractivity contribution in [3.63, 3.8) is 0 Å². The summed E-state index contributed by atoms with van der Waals surface area (Å²) < 4.78 is 16.6. The maximum Gasteiger partial charge on any atom is 0.306 e. The van der Waals surface area contributed by atoms with Crippen LogP contribution >= 0.6 is 0 Å². The van der Waals surface area contributed by atoms with Gasteiger partial charge in [0, 0.05) is 19.3 Å². The van der Waals surface area contributed by atoms with Crippen molar-refractivity contribution in [3.05, 3.63) is 0 Å². The molecule has 54 heavy (non-hydrogen) atoms. The van der Waals surface area contributed by atoms with Crippen molar-refractivity contribution >= 4 is 17.9 Å². The SMILES string of the molecule is CCCCCCCC(=O)OC[C@H](COC(=O)CCCCCCCCCCCCCCCC(C)C)OC(=O)CCCCCCCCCCCCCCC(C)C. The van der Waals surface area contributed by atoms with Gasteiger partial charge in [-0.2, -0.15) is 0 Å². The first-order valence-corrected chi connectivity index (χ1v) is 23.7. The van der Waals surface area contributed by atoms with E-state index in [1.54, 1.807) is 0 Å². The fourth-order valence-corrected chi connectivity index (χ4v) is 7.11. The normalized spacial score (nSPS) is 12.1. The molecule has 6 nitrogen and oxygen atoms in total. The van der Waals surface area contributed by atoms with Gasteiger partial charge in [0.1, 0.15) is 13.2 Å². The monoisotopic (exact) mass is 765 g/mol. The topological polar surface area (TPSA) is 78.9 Å². The molecule has 0 saturated carbocycles. The predicted octanol–water partition coefficient (Wildman–Crippen LogP) is 15.0. The molecule has 0 spiro atoms. The Morgan fingerprint density at radius 2 is 0.611 bits per heavy atom. The minimum atomic E-state index is -0.759. The Morgan fingerprint density at radius 3 is 0.907 bits per heavy atom. The number of carbonyl (C=O) groups excluding carboxylic acids is 3. The predicted molar refractivity (Wildman–Crippen MR) is 229 cm³/mol. The first-order chi connectivity index (χ1) is 26.2. The van der Waals surface area contributed by atoms with Gasteiger partial charge >= 0.3 is 17.9 Å². The highest BCUT2D eigenvalue weighted by Gasteiger charge is 2.19. The summed E-state index contributed by atoms with van der Waals surface area (Å²) in [6.07, 6.45) is 39.7. The van der Waals surface area contributed by atoms with Gasteiger partial charge in [0.05, 0.1) is 0 Å². The number of hydrogen-bond donors (Lipinski definition) is 0. The van der Waals surface area contributed by atoms with Crippen LogP contribution in [0.15, 0.2) is 0 Å². The van der Waals surface area contributed by atoms with E-state index in [4.69, 9.17) is 14.2 Å². The number of carbonyl (C=O) groups is 3. The smallest absolute Gasteiger partial charge is 0.306 e. The maximum atomic E-state index is 12.7. The van der Waals surface area contributed by atoms with E-state index in [0.717, 1.165) is 76.0 Å². The van der Waals surface area contributed by atoms with Gasteiger partial charge in [0.2, 0.25) is 0 Å². The Morgan fingerprint density at radius 1 is 0.352 bits per heavy atom. The Labute approximate surface area is 336 Å². The summed E-state index contributed by atoms with van der Waals surface area (Å²) in [6.45, 7) is 11.3. The van der Waals surface area contributed by atoms with Crippen LogP contribution in [0, 0.1) is 11.8 Å². The molecule has 6 heteroatoms. The molecule has 0 N–H and O–H groups in total. The zero-order valence-electron chi connectivity index (χ0n) is 36.8. The van der Waals surface area contributed by atoms with Crippen molar-refractivity contribution in [2.24, 2.45) is 11.8 Å².